The van der Waals surface area contributed by atoms with Crippen molar-refractivity contribution in [1.29, 1.82) is 0 Å². The smallest absolute Gasteiger partial charge is 0.326 e. The summed E-state index contributed by atoms with van der Waals surface area (Å²) in [7, 11) is 1.35. The first kappa shape index (κ1) is 14.9. The summed E-state index contributed by atoms with van der Waals surface area (Å²) in [5.74, 6) is -2.54. The van der Waals surface area contributed by atoms with Gasteiger partial charge in [0.15, 0.2) is 11.6 Å². The summed E-state index contributed by atoms with van der Waals surface area (Å²) >= 11 is 0. The molecule has 1 atom stereocenters. The lowest BCUT2D eigenvalue weighted by Crippen LogP contribution is -2.40. The van der Waals surface area contributed by atoms with Gasteiger partial charge >= 0.3 is 5.97 Å². The van der Waals surface area contributed by atoms with Crippen molar-refractivity contribution in [3.05, 3.63) is 29.6 Å². The molecule has 0 aliphatic rings. The Balaban J connectivity index is 3.12. The van der Waals surface area contributed by atoms with Crippen LogP contribution < -0.4 is 4.74 Å². The van der Waals surface area contributed by atoms with Crippen molar-refractivity contribution in [2.24, 2.45) is 0 Å². The van der Waals surface area contributed by atoms with E-state index in [0.717, 1.165) is 4.90 Å². The second kappa shape index (κ2) is 6.17. The van der Waals surface area contributed by atoms with Crippen LogP contribution in [0.5, 0.6) is 5.75 Å². The lowest BCUT2D eigenvalue weighted by molar-refractivity contribution is -0.141. The van der Waals surface area contributed by atoms with Gasteiger partial charge in [0, 0.05) is 7.05 Å². The van der Waals surface area contributed by atoms with Crippen LogP contribution in [0, 0.1) is 5.82 Å². The van der Waals surface area contributed by atoms with E-state index in [1.807, 2.05) is 0 Å². The molecule has 19 heavy (non-hydrogen) atoms. The molecule has 0 fully saturated rings. The van der Waals surface area contributed by atoms with Crippen LogP contribution in [-0.2, 0) is 4.79 Å². The summed E-state index contributed by atoms with van der Waals surface area (Å²) in [6.45, 7) is 3.25. The van der Waals surface area contributed by atoms with Crippen LogP contribution in [0.1, 0.15) is 24.2 Å². The van der Waals surface area contributed by atoms with Gasteiger partial charge in [-0.05, 0) is 26.0 Å². The number of hydrogen-bond donors (Lipinski definition) is 1. The average molecular weight is 269 g/mol. The van der Waals surface area contributed by atoms with E-state index in [1.165, 1.54) is 32.2 Å². The first-order chi connectivity index (χ1) is 8.90. The van der Waals surface area contributed by atoms with E-state index in [1.54, 1.807) is 6.92 Å². The molecule has 0 radical (unpaired) electrons. The quantitative estimate of drug-likeness (QED) is 0.884. The summed E-state index contributed by atoms with van der Waals surface area (Å²) in [4.78, 5) is 24.0. The molecule has 1 N–H and O–H groups in total. The fraction of sp³-hybridized carbons (Fsp3) is 0.385. The summed E-state index contributed by atoms with van der Waals surface area (Å²) in [6.07, 6.45) is 0. The van der Waals surface area contributed by atoms with Crippen LogP contribution in [0.4, 0.5) is 4.39 Å². The van der Waals surface area contributed by atoms with Gasteiger partial charge in [-0.25, -0.2) is 9.18 Å². The zero-order chi connectivity index (χ0) is 14.6. The largest absolute Gasteiger partial charge is 0.490 e. The Morgan fingerprint density at radius 2 is 2.11 bits per heavy atom. The van der Waals surface area contributed by atoms with Gasteiger partial charge < -0.3 is 14.7 Å². The number of nitrogens with zero attached hydrogens (tertiary/aromatic N) is 1. The molecule has 1 aromatic carbocycles. The predicted molar refractivity (Wildman–Crippen MR) is 66.8 cm³/mol. The minimum atomic E-state index is -1.13. The minimum absolute atomic E-state index is 0.0115. The third-order valence-corrected chi connectivity index (χ3v) is 2.74. The molecule has 0 saturated carbocycles. The normalized spacial score (nSPS) is 11.8. The number of halogens is 1. The number of benzene rings is 1. The molecule has 5 nitrogen and oxygen atoms in total. The average Bonchev–Trinajstić information content (AvgIpc) is 2.38. The van der Waals surface area contributed by atoms with Crippen molar-refractivity contribution in [2.45, 2.75) is 19.9 Å². The molecule has 0 aliphatic heterocycles. The highest BCUT2D eigenvalue weighted by Crippen LogP contribution is 2.24. The van der Waals surface area contributed by atoms with Gasteiger partial charge in [-0.1, -0.05) is 6.07 Å². The zero-order valence-corrected chi connectivity index (χ0v) is 11.0. The number of para-hydroxylation sites is 1. The molecule has 1 unspecified atom stereocenters. The molecule has 0 heterocycles. The summed E-state index contributed by atoms with van der Waals surface area (Å²) in [6, 6.07) is 2.96. The van der Waals surface area contributed by atoms with Gasteiger partial charge in [0.1, 0.15) is 6.04 Å². The maximum Gasteiger partial charge on any atom is 0.326 e. The maximum absolute atomic E-state index is 13.6. The minimum Gasteiger partial charge on any atom is -0.490 e. The number of carboxylic acids is 1. The Morgan fingerprint density at radius 1 is 1.47 bits per heavy atom. The van der Waals surface area contributed by atoms with Crippen LogP contribution in [0.3, 0.4) is 0 Å². The van der Waals surface area contributed by atoms with Crippen molar-refractivity contribution in [1.82, 2.24) is 4.90 Å². The highest BCUT2D eigenvalue weighted by atomic mass is 19.1. The topological polar surface area (TPSA) is 66.8 Å². The number of aliphatic carboxylic acids is 1. The van der Waals surface area contributed by atoms with Gasteiger partial charge in [0.25, 0.3) is 5.91 Å². The third kappa shape index (κ3) is 3.21. The molecule has 0 aliphatic carbocycles. The SMILES string of the molecule is CCOc1c(F)cccc1C(=O)N(C)C(C)C(=O)O. The molecule has 0 aromatic heterocycles. The fourth-order valence-corrected chi connectivity index (χ4v) is 1.50. The maximum atomic E-state index is 13.6. The van der Waals surface area contributed by atoms with Crippen molar-refractivity contribution >= 4 is 11.9 Å². The molecule has 1 rings (SSSR count). The van der Waals surface area contributed by atoms with E-state index in [0.29, 0.717) is 0 Å². The van der Waals surface area contributed by atoms with Gasteiger partial charge in [-0.2, -0.15) is 0 Å². The molecule has 0 saturated heterocycles. The van der Waals surface area contributed by atoms with Gasteiger partial charge in [0.2, 0.25) is 0 Å². The van der Waals surface area contributed by atoms with Crippen molar-refractivity contribution < 1.29 is 23.8 Å². The highest BCUT2D eigenvalue weighted by Gasteiger charge is 2.26. The van der Waals surface area contributed by atoms with Gasteiger partial charge in [-0.15, -0.1) is 0 Å². The first-order valence-corrected chi connectivity index (χ1v) is 5.81. The van der Waals surface area contributed by atoms with Crippen LogP contribution in [0.25, 0.3) is 0 Å². The Kier molecular flexibility index (Phi) is 4.86. The number of hydrogen-bond acceptors (Lipinski definition) is 3. The number of likely N-dealkylation sites (N-methyl/N-ethyl adjacent to an activating group) is 1. The van der Waals surface area contributed by atoms with Crippen LogP contribution in [0.15, 0.2) is 18.2 Å². The second-order valence-corrected chi connectivity index (χ2v) is 3.98. The Morgan fingerprint density at radius 3 is 2.63 bits per heavy atom. The number of rotatable bonds is 5. The zero-order valence-electron chi connectivity index (χ0n) is 11.0. The van der Waals surface area contributed by atoms with E-state index in [9.17, 15) is 14.0 Å². The number of carboxylic acid groups (broad SMARTS) is 1. The van der Waals surface area contributed by atoms with Gasteiger partial charge in [-0.3, -0.25) is 4.79 Å². The monoisotopic (exact) mass is 269 g/mol. The van der Waals surface area contributed by atoms with E-state index in [-0.39, 0.29) is 17.9 Å². The van der Waals surface area contributed by atoms with E-state index in [4.69, 9.17) is 9.84 Å². The summed E-state index contributed by atoms with van der Waals surface area (Å²) < 4.78 is 18.7. The number of carbonyl (C=O) groups excluding carboxylic acids is 1. The predicted octanol–water partition coefficient (Wildman–Crippen LogP) is 1.77. The highest BCUT2D eigenvalue weighted by molar-refractivity contribution is 5.98. The molecule has 1 aromatic rings. The summed E-state index contributed by atoms with van der Waals surface area (Å²) in [5.41, 5.74) is 0.0115. The summed E-state index contributed by atoms with van der Waals surface area (Å²) in [5, 5.41) is 8.88. The fourth-order valence-electron chi connectivity index (χ4n) is 1.50. The van der Waals surface area contributed by atoms with Crippen LogP contribution in [-0.4, -0.2) is 41.6 Å². The molecular weight excluding hydrogens is 253 g/mol. The van der Waals surface area contributed by atoms with Crippen LogP contribution >= 0.6 is 0 Å². The van der Waals surface area contributed by atoms with E-state index < -0.39 is 23.7 Å². The third-order valence-electron chi connectivity index (χ3n) is 2.74. The standard InChI is InChI=1S/C13H16FNO4/c1-4-19-11-9(6-5-7-10(11)14)12(16)15(3)8(2)13(17)18/h5-8H,4H2,1-3H3,(H,17,18). The lowest BCUT2D eigenvalue weighted by atomic mass is 10.1. The Bertz CT molecular complexity index is 490. The lowest BCUT2D eigenvalue weighted by Gasteiger charge is -2.22. The van der Waals surface area contributed by atoms with Crippen LogP contribution in [0.2, 0.25) is 0 Å². The molecule has 6 heteroatoms. The first-order valence-electron chi connectivity index (χ1n) is 5.81. The molecular formula is C13H16FNO4. The molecule has 104 valence electrons. The van der Waals surface area contributed by atoms with Crippen molar-refractivity contribution in [2.75, 3.05) is 13.7 Å². The van der Waals surface area contributed by atoms with Crippen molar-refractivity contribution in [3.8, 4) is 5.75 Å². The number of carbonyl (C=O) groups is 2. The van der Waals surface area contributed by atoms with Gasteiger partial charge in [0.05, 0.1) is 12.2 Å². The van der Waals surface area contributed by atoms with E-state index >= 15 is 0 Å². The number of ether oxygens (including phenoxy) is 1. The molecule has 0 bridgehead atoms. The second-order valence-electron chi connectivity index (χ2n) is 3.98. The Labute approximate surface area is 110 Å². The molecule has 1 amide bonds. The van der Waals surface area contributed by atoms with Crippen molar-refractivity contribution in [3.63, 3.8) is 0 Å². The Hall–Kier alpha value is -2.11. The van der Waals surface area contributed by atoms with E-state index in [2.05, 4.69) is 0 Å². The number of amides is 1. The molecule has 0 spiro atoms.